The number of carbonyl (C=O) groups excluding carboxylic acids is 1. The van der Waals surface area contributed by atoms with Gasteiger partial charge in [-0.3, -0.25) is 0 Å². The zero-order valence-corrected chi connectivity index (χ0v) is 11.4. The average molecular weight is 262 g/mol. The van der Waals surface area contributed by atoms with Crippen molar-refractivity contribution in [3.05, 3.63) is 29.8 Å². The third kappa shape index (κ3) is 4.24. The Balaban J connectivity index is 1.89. The molecule has 0 bridgehead atoms. The Morgan fingerprint density at radius 1 is 1.53 bits per heavy atom. The Morgan fingerprint density at radius 3 is 3.16 bits per heavy atom. The second kappa shape index (κ2) is 7.14. The zero-order chi connectivity index (χ0) is 13.5. The maximum atomic E-state index is 11.6. The molecule has 1 aliphatic heterocycles. The van der Waals surface area contributed by atoms with Gasteiger partial charge in [0.15, 0.2) is 0 Å². The summed E-state index contributed by atoms with van der Waals surface area (Å²) >= 11 is 0. The van der Waals surface area contributed by atoms with Gasteiger partial charge in [0, 0.05) is 12.2 Å². The second-order valence-electron chi connectivity index (χ2n) is 4.89. The minimum absolute atomic E-state index is 0.259. The monoisotopic (exact) mass is 262 g/mol. The van der Waals surface area contributed by atoms with Gasteiger partial charge < -0.3 is 15.4 Å². The highest BCUT2D eigenvalue weighted by Gasteiger charge is 2.13. The number of nitrogens with one attached hydrogen (secondary N) is 2. The normalized spacial score (nSPS) is 18.9. The van der Waals surface area contributed by atoms with Crippen molar-refractivity contribution in [1.29, 1.82) is 0 Å². The molecule has 0 aliphatic carbocycles. The molecule has 1 heterocycles. The lowest BCUT2D eigenvalue weighted by Crippen LogP contribution is -2.33. The molecule has 1 aliphatic rings. The molecule has 1 saturated heterocycles. The van der Waals surface area contributed by atoms with Gasteiger partial charge in [-0.25, -0.2) is 4.79 Å². The number of anilines is 1. The quantitative estimate of drug-likeness (QED) is 0.799. The molecule has 0 amide bonds. The van der Waals surface area contributed by atoms with E-state index < -0.39 is 0 Å². The number of ether oxygens (including phenoxy) is 1. The highest BCUT2D eigenvalue weighted by atomic mass is 16.5. The highest BCUT2D eigenvalue weighted by Crippen LogP contribution is 2.15. The summed E-state index contributed by atoms with van der Waals surface area (Å²) in [4.78, 5) is 11.6. The molecule has 1 fully saturated rings. The minimum atomic E-state index is -0.259. The lowest BCUT2D eigenvalue weighted by atomic mass is 9.99. The predicted octanol–water partition coefficient (Wildman–Crippen LogP) is 2.27. The maximum absolute atomic E-state index is 11.6. The van der Waals surface area contributed by atoms with Crippen LogP contribution in [0.3, 0.4) is 0 Å². The van der Waals surface area contributed by atoms with E-state index in [1.807, 2.05) is 25.1 Å². The molecule has 0 radical (unpaired) electrons. The number of esters is 1. The van der Waals surface area contributed by atoms with Crippen molar-refractivity contribution in [2.75, 3.05) is 31.6 Å². The van der Waals surface area contributed by atoms with E-state index in [0.29, 0.717) is 18.1 Å². The molecule has 4 nitrogen and oxygen atoms in total. The van der Waals surface area contributed by atoms with Crippen LogP contribution >= 0.6 is 0 Å². The van der Waals surface area contributed by atoms with Crippen LogP contribution in [0, 0.1) is 5.92 Å². The Hall–Kier alpha value is -1.55. The van der Waals surface area contributed by atoms with E-state index in [0.717, 1.165) is 25.3 Å². The summed E-state index contributed by atoms with van der Waals surface area (Å²) in [6.45, 7) is 5.37. The maximum Gasteiger partial charge on any atom is 0.338 e. The van der Waals surface area contributed by atoms with Crippen molar-refractivity contribution in [1.82, 2.24) is 5.32 Å². The van der Waals surface area contributed by atoms with Gasteiger partial charge in [-0.15, -0.1) is 0 Å². The number of carbonyl (C=O) groups is 1. The smallest absolute Gasteiger partial charge is 0.338 e. The van der Waals surface area contributed by atoms with Gasteiger partial charge in [-0.05, 0) is 57.0 Å². The molecule has 1 unspecified atom stereocenters. The van der Waals surface area contributed by atoms with Crippen LogP contribution in [0.5, 0.6) is 0 Å². The Bertz CT molecular complexity index is 414. The molecule has 0 aromatic heterocycles. The molecule has 1 aromatic rings. The molecular formula is C15H22N2O2. The number of hydrogen-bond donors (Lipinski definition) is 2. The van der Waals surface area contributed by atoms with Crippen molar-refractivity contribution >= 4 is 11.7 Å². The van der Waals surface area contributed by atoms with Crippen molar-refractivity contribution in [2.45, 2.75) is 19.8 Å². The summed E-state index contributed by atoms with van der Waals surface area (Å²) in [6, 6.07) is 7.51. The molecule has 104 valence electrons. The first-order valence-electron chi connectivity index (χ1n) is 7.01. The third-order valence-electron chi connectivity index (χ3n) is 3.37. The zero-order valence-electron chi connectivity index (χ0n) is 11.4. The van der Waals surface area contributed by atoms with Crippen molar-refractivity contribution in [3.8, 4) is 0 Å². The van der Waals surface area contributed by atoms with E-state index in [4.69, 9.17) is 4.74 Å². The lowest BCUT2D eigenvalue weighted by Gasteiger charge is -2.23. The van der Waals surface area contributed by atoms with Crippen LogP contribution in [0.1, 0.15) is 30.1 Å². The second-order valence-corrected chi connectivity index (χ2v) is 4.89. The number of rotatable bonds is 5. The van der Waals surface area contributed by atoms with E-state index in [9.17, 15) is 4.79 Å². The molecule has 19 heavy (non-hydrogen) atoms. The van der Waals surface area contributed by atoms with Gasteiger partial charge >= 0.3 is 5.97 Å². The third-order valence-corrected chi connectivity index (χ3v) is 3.37. The van der Waals surface area contributed by atoms with Crippen molar-refractivity contribution < 1.29 is 9.53 Å². The first-order chi connectivity index (χ1) is 9.29. The standard InChI is InChI=1S/C15H22N2O2/c1-2-19-15(18)13-6-3-7-14(9-13)17-11-12-5-4-8-16-10-12/h3,6-7,9,12,16-17H,2,4-5,8,10-11H2,1H3. The minimum Gasteiger partial charge on any atom is -0.462 e. The van der Waals surface area contributed by atoms with Gasteiger partial charge in [0.1, 0.15) is 0 Å². The molecular weight excluding hydrogens is 240 g/mol. The fourth-order valence-corrected chi connectivity index (χ4v) is 2.33. The summed E-state index contributed by atoms with van der Waals surface area (Å²) in [6.07, 6.45) is 2.51. The van der Waals surface area contributed by atoms with Crippen LogP contribution in [0.15, 0.2) is 24.3 Å². The number of benzene rings is 1. The van der Waals surface area contributed by atoms with Gasteiger partial charge in [0.05, 0.1) is 12.2 Å². The summed E-state index contributed by atoms with van der Waals surface area (Å²) in [5.41, 5.74) is 1.59. The van der Waals surface area contributed by atoms with Crippen LogP contribution in [-0.4, -0.2) is 32.2 Å². The Morgan fingerprint density at radius 2 is 2.42 bits per heavy atom. The van der Waals surface area contributed by atoms with E-state index in [-0.39, 0.29) is 5.97 Å². The van der Waals surface area contributed by atoms with E-state index in [1.54, 1.807) is 6.07 Å². The first kappa shape index (κ1) is 13.9. The van der Waals surface area contributed by atoms with E-state index >= 15 is 0 Å². The van der Waals surface area contributed by atoms with Crippen LogP contribution in [0.4, 0.5) is 5.69 Å². The van der Waals surface area contributed by atoms with E-state index in [1.165, 1.54) is 12.8 Å². The fourth-order valence-electron chi connectivity index (χ4n) is 2.33. The molecule has 1 aromatic carbocycles. The van der Waals surface area contributed by atoms with Crippen LogP contribution in [0.2, 0.25) is 0 Å². The van der Waals surface area contributed by atoms with Crippen LogP contribution < -0.4 is 10.6 Å². The summed E-state index contributed by atoms with van der Waals surface area (Å²) in [5.74, 6) is 0.408. The van der Waals surface area contributed by atoms with Gasteiger partial charge in [-0.2, -0.15) is 0 Å². The van der Waals surface area contributed by atoms with Crippen LogP contribution in [0.25, 0.3) is 0 Å². The highest BCUT2D eigenvalue weighted by molar-refractivity contribution is 5.90. The van der Waals surface area contributed by atoms with Gasteiger partial charge in [-0.1, -0.05) is 6.07 Å². The topological polar surface area (TPSA) is 50.4 Å². The average Bonchev–Trinajstić information content (AvgIpc) is 2.47. The molecule has 1 atom stereocenters. The lowest BCUT2D eigenvalue weighted by molar-refractivity contribution is 0.0526. The molecule has 2 N–H and O–H groups in total. The van der Waals surface area contributed by atoms with Crippen LogP contribution in [-0.2, 0) is 4.74 Å². The fraction of sp³-hybridized carbons (Fsp3) is 0.533. The molecule has 0 spiro atoms. The first-order valence-corrected chi connectivity index (χ1v) is 7.01. The largest absolute Gasteiger partial charge is 0.462 e. The molecule has 4 heteroatoms. The van der Waals surface area contributed by atoms with Gasteiger partial charge in [0.25, 0.3) is 0 Å². The van der Waals surface area contributed by atoms with Crippen molar-refractivity contribution in [3.63, 3.8) is 0 Å². The number of hydrogen-bond acceptors (Lipinski definition) is 4. The van der Waals surface area contributed by atoms with E-state index in [2.05, 4.69) is 10.6 Å². The van der Waals surface area contributed by atoms with Crippen molar-refractivity contribution in [2.24, 2.45) is 5.92 Å². The predicted molar refractivity (Wildman–Crippen MR) is 76.5 cm³/mol. The summed E-state index contributed by atoms with van der Waals surface area (Å²) in [5, 5.41) is 6.81. The molecule has 0 saturated carbocycles. The summed E-state index contributed by atoms with van der Waals surface area (Å²) in [7, 11) is 0. The summed E-state index contributed by atoms with van der Waals surface area (Å²) < 4.78 is 5.00. The number of piperidine rings is 1. The SMILES string of the molecule is CCOC(=O)c1cccc(NCC2CCCNC2)c1. The molecule has 2 rings (SSSR count). The Labute approximate surface area is 114 Å². The van der Waals surface area contributed by atoms with Gasteiger partial charge in [0.2, 0.25) is 0 Å². The Kier molecular flexibility index (Phi) is 5.21.